The zero-order valence-electron chi connectivity index (χ0n) is 76.4. The molecule has 0 radical (unpaired) electrons. The smallest absolute Gasteiger partial charge is 0.252 e. The molecule has 4 nitrogen and oxygen atoms in total. The molecule has 0 bridgehead atoms. The molecule has 0 saturated heterocycles. The molecule has 0 saturated carbocycles. The number of anilines is 6. The summed E-state index contributed by atoms with van der Waals surface area (Å²) in [5, 5.41) is 4.90. The summed E-state index contributed by atoms with van der Waals surface area (Å²) in [4.78, 5) is 5.55. The van der Waals surface area contributed by atoms with Gasteiger partial charge < -0.3 is 18.9 Å². The van der Waals surface area contributed by atoms with Gasteiger partial charge in [-0.2, -0.15) is 0 Å². The van der Waals surface area contributed by atoms with Gasteiger partial charge in [0.1, 0.15) is 0 Å². The van der Waals surface area contributed by atoms with Gasteiger partial charge >= 0.3 is 0 Å². The van der Waals surface area contributed by atoms with Crippen molar-refractivity contribution in [2.45, 2.75) is 89.4 Å². The normalized spacial score (nSPS) is 13.8. The van der Waals surface area contributed by atoms with Crippen LogP contribution in [0.1, 0.15) is 124 Å². The van der Waals surface area contributed by atoms with Gasteiger partial charge in [0.05, 0.1) is 44.3 Å². The van der Waals surface area contributed by atoms with Crippen LogP contribution in [0.2, 0.25) is 0 Å². The van der Waals surface area contributed by atoms with E-state index < -0.39 is 16.2 Å². The van der Waals surface area contributed by atoms with E-state index in [9.17, 15) is 0 Å². The fourth-order valence-corrected chi connectivity index (χ4v) is 23.7. The minimum atomic E-state index is -0.673. The molecule has 0 amide bonds. The summed E-state index contributed by atoms with van der Waals surface area (Å²) < 4.78 is 5.23. The molecular formula is C128H99BN4. The summed E-state index contributed by atoms with van der Waals surface area (Å²) >= 11 is 0. The Labute approximate surface area is 779 Å². The first-order valence-electron chi connectivity index (χ1n) is 47.2. The minimum absolute atomic E-state index is 0.246. The van der Waals surface area contributed by atoms with Crippen molar-refractivity contribution in [2.24, 2.45) is 0 Å². The van der Waals surface area contributed by atoms with E-state index in [2.05, 4.69) is 518 Å². The maximum Gasteiger partial charge on any atom is 0.252 e. The van der Waals surface area contributed by atoms with E-state index in [1.807, 2.05) is 0 Å². The number of aromatic nitrogens is 2. The van der Waals surface area contributed by atoms with Crippen LogP contribution >= 0.6 is 0 Å². The first kappa shape index (κ1) is 79.6. The van der Waals surface area contributed by atoms with E-state index in [1.165, 1.54) is 121 Å². The lowest BCUT2D eigenvalue weighted by atomic mass is 9.33. The van der Waals surface area contributed by atoms with Crippen LogP contribution in [-0.4, -0.2) is 15.8 Å². The third kappa shape index (κ3) is 11.9. The van der Waals surface area contributed by atoms with E-state index in [4.69, 9.17) is 0 Å². The number of para-hydroxylation sites is 2. The van der Waals surface area contributed by atoms with Gasteiger partial charge in [-0.15, -0.1) is 0 Å². The second-order valence-corrected chi connectivity index (χ2v) is 40.1. The summed E-state index contributed by atoms with van der Waals surface area (Å²) in [6.45, 7) is 21.2. The summed E-state index contributed by atoms with van der Waals surface area (Å²) in [6.07, 6.45) is 0. The molecule has 634 valence electrons. The molecule has 25 rings (SSSR count). The van der Waals surface area contributed by atoms with Crippen LogP contribution in [0.15, 0.2) is 437 Å². The van der Waals surface area contributed by atoms with Gasteiger partial charge in [0.2, 0.25) is 0 Å². The SMILES string of the molecule is CC(C)(C)c1cc(-c2ccccc2)c(N2c3cc(-n4c5ccccc5c5c6c(ccc54)-c4ccccc4C6(c4ccccc4)c4ccccc4)ccc3B3c4ccc(-n5c6ccccc6c6c7c(ccc65)-c5ccccc5C7(c5ccccc5)c5ccccc5)cc4N(c4c(-c5ccccc5)cc(C(C)(C)C)cc4-c4ccccc4)c4cc(C(C)(C)C)cc2c43)c(-c2ccccc2)c1. The summed E-state index contributed by atoms with van der Waals surface area (Å²) in [6, 6.07) is 168. The lowest BCUT2D eigenvalue weighted by molar-refractivity contribution is 0.590. The highest BCUT2D eigenvalue weighted by Gasteiger charge is 2.52. The molecule has 0 spiro atoms. The van der Waals surface area contributed by atoms with Gasteiger partial charge in [-0.05, 0) is 223 Å². The van der Waals surface area contributed by atoms with Crippen LogP contribution in [0, 0.1) is 0 Å². The Morgan fingerprint density at radius 3 is 0.835 bits per heavy atom. The topological polar surface area (TPSA) is 16.3 Å². The summed E-state index contributed by atoms with van der Waals surface area (Å²) in [5.74, 6) is 0. The molecule has 0 fully saturated rings. The number of hydrogen-bond donors (Lipinski definition) is 0. The molecule has 2 aromatic heterocycles. The minimum Gasteiger partial charge on any atom is -0.310 e. The van der Waals surface area contributed by atoms with Gasteiger partial charge in [0.25, 0.3) is 6.71 Å². The number of rotatable bonds is 12. The molecule has 4 aliphatic rings. The van der Waals surface area contributed by atoms with Crippen molar-refractivity contribution >= 4 is 101 Å². The first-order chi connectivity index (χ1) is 64.9. The van der Waals surface area contributed by atoms with Gasteiger partial charge in [0, 0.05) is 77.9 Å². The lowest BCUT2D eigenvalue weighted by Gasteiger charge is -2.47. The van der Waals surface area contributed by atoms with E-state index in [0.29, 0.717) is 0 Å². The van der Waals surface area contributed by atoms with E-state index in [1.54, 1.807) is 0 Å². The van der Waals surface area contributed by atoms with Gasteiger partial charge in [-0.1, -0.05) is 414 Å². The molecule has 2 aliphatic carbocycles. The van der Waals surface area contributed by atoms with Crippen LogP contribution in [0.5, 0.6) is 0 Å². The van der Waals surface area contributed by atoms with Crippen molar-refractivity contribution in [3.63, 3.8) is 0 Å². The average molecular weight is 1700 g/mol. The fraction of sp³-hybridized carbons (Fsp3) is 0.109. The van der Waals surface area contributed by atoms with Crippen LogP contribution in [0.3, 0.4) is 0 Å². The maximum atomic E-state index is 2.77. The summed E-state index contributed by atoms with van der Waals surface area (Å²) in [5.41, 5.74) is 42.9. The van der Waals surface area contributed by atoms with Crippen molar-refractivity contribution < 1.29 is 0 Å². The largest absolute Gasteiger partial charge is 0.310 e. The quantitative estimate of drug-likeness (QED) is 0.113. The third-order valence-electron chi connectivity index (χ3n) is 29.7. The molecule has 4 heterocycles. The number of benzene rings is 19. The van der Waals surface area contributed by atoms with E-state index >= 15 is 0 Å². The number of hydrogen-bond acceptors (Lipinski definition) is 2. The standard InChI is InChI=1S/C128H99BN4/c1-124(2,3)90-74-101(82-42-18-10-19-43-82)122(102(75-90)83-44-20-11-21-45-83)132-113-80-93(130-109-64-40-36-60-99(109)117-111(130)72-68-97-95-58-34-38-62-105(95)127(119(97)117,86-50-26-14-27-51-86)87-52-28-15-29-53-87)66-70-107(113)129-108-71-67-94(131-110-65-41-37-61-100(110)118-112(131)73-69-98-96-59-35-39-63-106(96)128(120(98)118,88-54-30-16-31-55-88)89-56-32-17-33-57-89)81-114(108)133(116-79-92(126(7,8)9)78-115(132)121(116)129)123-103(84-46-22-12-23-47-84)76-91(125(4,5)6)77-104(123)85-48-24-13-25-49-85/h10-81H,1-9H3. The Kier molecular flexibility index (Phi) is 18.0. The second-order valence-electron chi connectivity index (χ2n) is 40.1. The Morgan fingerprint density at radius 1 is 0.226 bits per heavy atom. The van der Waals surface area contributed by atoms with Crippen molar-refractivity contribution in [2.75, 3.05) is 9.80 Å². The lowest BCUT2D eigenvalue weighted by Crippen LogP contribution is -2.61. The second kappa shape index (κ2) is 30.0. The monoisotopic (exact) mass is 1700 g/mol. The molecule has 5 heteroatoms. The first-order valence-corrected chi connectivity index (χ1v) is 47.2. The predicted octanol–water partition coefficient (Wildman–Crippen LogP) is 31.3. The van der Waals surface area contributed by atoms with Crippen LogP contribution < -0.4 is 26.2 Å². The predicted molar refractivity (Wildman–Crippen MR) is 562 cm³/mol. The highest BCUT2D eigenvalue weighted by Crippen LogP contribution is 2.64. The van der Waals surface area contributed by atoms with E-state index in [0.717, 1.165) is 112 Å². The maximum absolute atomic E-state index is 2.77. The third-order valence-corrected chi connectivity index (χ3v) is 29.7. The van der Waals surface area contributed by atoms with Crippen LogP contribution in [0.4, 0.5) is 34.1 Å². The zero-order chi connectivity index (χ0) is 89.5. The molecule has 0 atom stereocenters. The van der Waals surface area contributed by atoms with Crippen molar-refractivity contribution in [3.05, 3.63) is 498 Å². The van der Waals surface area contributed by atoms with Crippen molar-refractivity contribution in [3.8, 4) is 78.1 Å². The van der Waals surface area contributed by atoms with Gasteiger partial charge in [-0.25, -0.2) is 0 Å². The number of nitrogens with zero attached hydrogens (tertiary/aromatic N) is 4. The zero-order valence-corrected chi connectivity index (χ0v) is 76.4. The molecule has 19 aromatic carbocycles. The van der Waals surface area contributed by atoms with Gasteiger partial charge in [-0.3, -0.25) is 0 Å². The average Bonchev–Trinajstić information content (AvgIpc) is 1.52. The number of fused-ring (bicyclic) bond motifs is 18. The summed E-state index contributed by atoms with van der Waals surface area (Å²) in [7, 11) is 0. The Balaban J connectivity index is 0.835. The molecule has 2 aliphatic heterocycles. The molecule has 0 N–H and O–H groups in total. The highest BCUT2D eigenvalue weighted by molar-refractivity contribution is 7.00. The molecular weight excluding hydrogens is 1600 g/mol. The van der Waals surface area contributed by atoms with Crippen LogP contribution in [0.25, 0.3) is 122 Å². The highest BCUT2D eigenvalue weighted by atomic mass is 15.2. The Bertz CT molecular complexity index is 7600. The van der Waals surface area contributed by atoms with Crippen molar-refractivity contribution in [1.29, 1.82) is 0 Å². The van der Waals surface area contributed by atoms with E-state index in [-0.39, 0.29) is 17.5 Å². The Hall–Kier alpha value is -15.6. The fourth-order valence-electron chi connectivity index (χ4n) is 23.7. The molecule has 133 heavy (non-hydrogen) atoms. The van der Waals surface area contributed by atoms with Crippen molar-refractivity contribution in [1.82, 2.24) is 9.13 Å². The van der Waals surface area contributed by atoms with Crippen LogP contribution in [-0.2, 0) is 27.1 Å². The molecule has 21 aromatic rings. The van der Waals surface area contributed by atoms with Gasteiger partial charge in [0.15, 0.2) is 0 Å². The Morgan fingerprint density at radius 2 is 0.511 bits per heavy atom. The molecule has 0 unspecified atom stereocenters.